The molecule has 0 bridgehead atoms. The van der Waals surface area contributed by atoms with E-state index in [2.05, 4.69) is 5.32 Å². The number of rotatable bonds is 7. The summed E-state index contributed by atoms with van der Waals surface area (Å²) in [6.45, 7) is 6.15. The van der Waals surface area contributed by atoms with Crippen molar-refractivity contribution in [1.82, 2.24) is 5.32 Å². The fraction of sp³-hybridized carbons (Fsp3) is 0.467. The van der Waals surface area contributed by atoms with Crippen LogP contribution in [0.4, 0.5) is 0 Å². The zero-order valence-corrected chi connectivity index (χ0v) is 11.7. The van der Waals surface area contributed by atoms with Crippen molar-refractivity contribution in [2.75, 3.05) is 6.61 Å². The van der Waals surface area contributed by atoms with Crippen molar-refractivity contribution in [3.63, 3.8) is 0 Å². The molecule has 1 rings (SSSR count). The second-order valence-corrected chi connectivity index (χ2v) is 4.54. The molecule has 0 saturated heterocycles. The van der Waals surface area contributed by atoms with Gasteiger partial charge in [0.2, 0.25) is 0 Å². The molecule has 4 nitrogen and oxygen atoms in total. The van der Waals surface area contributed by atoms with E-state index in [9.17, 15) is 9.59 Å². The molecule has 1 atom stereocenters. The Morgan fingerprint density at radius 2 is 1.89 bits per heavy atom. The summed E-state index contributed by atoms with van der Waals surface area (Å²) < 4.78 is 4.86. The Bertz CT molecular complexity index is 426. The van der Waals surface area contributed by atoms with E-state index >= 15 is 0 Å². The van der Waals surface area contributed by atoms with Crippen LogP contribution in [0.15, 0.2) is 24.3 Å². The molecule has 0 aromatic heterocycles. The summed E-state index contributed by atoms with van der Waals surface area (Å²) in [5, 5.41) is 3.09. The second kappa shape index (κ2) is 7.69. The van der Waals surface area contributed by atoms with E-state index in [-0.39, 0.29) is 18.2 Å². The number of Topliss-reactive ketones (excluding diaryl/α,β-unsaturated/α-hetero) is 1. The van der Waals surface area contributed by atoms with Crippen LogP contribution >= 0.6 is 0 Å². The minimum Gasteiger partial charge on any atom is -0.466 e. The average molecular weight is 263 g/mol. The Labute approximate surface area is 114 Å². The Morgan fingerprint density at radius 1 is 1.26 bits per heavy atom. The molecule has 0 fully saturated rings. The van der Waals surface area contributed by atoms with Crippen molar-refractivity contribution >= 4 is 11.8 Å². The zero-order valence-electron chi connectivity index (χ0n) is 11.7. The van der Waals surface area contributed by atoms with Crippen LogP contribution in [0.2, 0.25) is 0 Å². The van der Waals surface area contributed by atoms with Crippen molar-refractivity contribution < 1.29 is 14.3 Å². The molecule has 0 amide bonds. The summed E-state index contributed by atoms with van der Waals surface area (Å²) >= 11 is 0. The molecular weight excluding hydrogens is 242 g/mol. The number of ether oxygens (including phenoxy) is 1. The SMILES string of the molecule is CCOC(=O)CC(NCc1ccc(C)cc1)C(C)=O. The first-order valence-corrected chi connectivity index (χ1v) is 6.48. The summed E-state index contributed by atoms with van der Waals surface area (Å²) in [7, 11) is 0. The molecule has 1 aromatic carbocycles. The molecule has 0 aliphatic carbocycles. The first kappa shape index (κ1) is 15.4. The largest absolute Gasteiger partial charge is 0.466 e. The highest BCUT2D eigenvalue weighted by atomic mass is 16.5. The number of carbonyl (C=O) groups is 2. The summed E-state index contributed by atoms with van der Waals surface area (Å²) in [6.07, 6.45) is 0.0784. The Kier molecular flexibility index (Phi) is 6.22. The third-order valence-electron chi connectivity index (χ3n) is 2.84. The molecule has 0 radical (unpaired) electrons. The number of aryl methyl sites for hydroxylation is 1. The van der Waals surface area contributed by atoms with Gasteiger partial charge in [0.15, 0.2) is 0 Å². The van der Waals surface area contributed by atoms with Gasteiger partial charge in [-0.3, -0.25) is 9.59 Å². The lowest BCUT2D eigenvalue weighted by atomic mass is 10.1. The van der Waals surface area contributed by atoms with Crippen molar-refractivity contribution in [3.05, 3.63) is 35.4 Å². The van der Waals surface area contributed by atoms with Crippen LogP contribution in [0.25, 0.3) is 0 Å². The van der Waals surface area contributed by atoms with E-state index in [0.29, 0.717) is 13.2 Å². The molecule has 0 spiro atoms. The molecule has 0 heterocycles. The van der Waals surface area contributed by atoms with Crippen LogP contribution < -0.4 is 5.32 Å². The predicted molar refractivity (Wildman–Crippen MR) is 73.7 cm³/mol. The molecule has 104 valence electrons. The van der Waals surface area contributed by atoms with Gasteiger partial charge in [-0.05, 0) is 26.3 Å². The van der Waals surface area contributed by atoms with Gasteiger partial charge in [-0.2, -0.15) is 0 Å². The van der Waals surface area contributed by atoms with Gasteiger partial charge in [-0.25, -0.2) is 0 Å². The molecule has 1 aromatic rings. The number of carbonyl (C=O) groups excluding carboxylic acids is 2. The molecule has 19 heavy (non-hydrogen) atoms. The highest BCUT2D eigenvalue weighted by Crippen LogP contribution is 2.04. The minimum absolute atomic E-state index is 0.0554. The fourth-order valence-electron chi connectivity index (χ4n) is 1.69. The summed E-state index contributed by atoms with van der Waals surface area (Å²) in [5.41, 5.74) is 2.28. The first-order chi connectivity index (χ1) is 9.02. The third kappa shape index (κ3) is 5.66. The van der Waals surface area contributed by atoms with Gasteiger partial charge in [0.05, 0.1) is 19.1 Å². The number of hydrogen-bond donors (Lipinski definition) is 1. The van der Waals surface area contributed by atoms with Gasteiger partial charge in [0, 0.05) is 6.54 Å². The maximum absolute atomic E-state index is 11.5. The molecule has 0 saturated carbocycles. The topological polar surface area (TPSA) is 55.4 Å². The number of ketones is 1. The lowest BCUT2D eigenvalue weighted by Gasteiger charge is -2.15. The summed E-state index contributed by atoms with van der Waals surface area (Å²) in [6, 6.07) is 7.56. The van der Waals surface area contributed by atoms with Gasteiger partial charge in [-0.1, -0.05) is 29.8 Å². The number of hydrogen-bond acceptors (Lipinski definition) is 4. The van der Waals surface area contributed by atoms with Gasteiger partial charge in [0.1, 0.15) is 5.78 Å². The van der Waals surface area contributed by atoms with Crippen LogP contribution in [-0.4, -0.2) is 24.4 Å². The van der Waals surface area contributed by atoms with Gasteiger partial charge in [0.25, 0.3) is 0 Å². The number of esters is 1. The van der Waals surface area contributed by atoms with Gasteiger partial charge < -0.3 is 10.1 Å². The highest BCUT2D eigenvalue weighted by molar-refractivity contribution is 5.86. The van der Waals surface area contributed by atoms with Crippen LogP contribution in [-0.2, 0) is 20.9 Å². The molecule has 4 heteroatoms. The van der Waals surface area contributed by atoms with E-state index in [1.54, 1.807) is 6.92 Å². The molecule has 1 N–H and O–H groups in total. The van der Waals surface area contributed by atoms with E-state index in [1.165, 1.54) is 12.5 Å². The van der Waals surface area contributed by atoms with E-state index in [1.807, 2.05) is 31.2 Å². The first-order valence-electron chi connectivity index (χ1n) is 6.48. The predicted octanol–water partition coefficient (Wildman–Crippen LogP) is 2.00. The molecular formula is C15H21NO3. The van der Waals surface area contributed by atoms with Crippen LogP contribution in [0.3, 0.4) is 0 Å². The van der Waals surface area contributed by atoms with Gasteiger partial charge in [-0.15, -0.1) is 0 Å². The highest BCUT2D eigenvalue weighted by Gasteiger charge is 2.18. The number of benzene rings is 1. The van der Waals surface area contributed by atoms with Crippen LogP contribution in [0.5, 0.6) is 0 Å². The smallest absolute Gasteiger partial charge is 0.307 e. The summed E-state index contributed by atoms with van der Waals surface area (Å²) in [5.74, 6) is -0.403. The van der Waals surface area contributed by atoms with E-state index in [4.69, 9.17) is 4.74 Å². The standard InChI is InChI=1S/C15H21NO3/c1-4-19-15(18)9-14(12(3)17)16-10-13-7-5-11(2)6-8-13/h5-8,14,16H,4,9-10H2,1-3H3. The molecule has 0 aliphatic rings. The normalized spacial score (nSPS) is 11.9. The van der Waals surface area contributed by atoms with Crippen LogP contribution in [0.1, 0.15) is 31.4 Å². The minimum atomic E-state index is -0.486. The van der Waals surface area contributed by atoms with Crippen molar-refractivity contribution in [2.24, 2.45) is 0 Å². The average Bonchev–Trinajstić information content (AvgIpc) is 2.36. The lowest BCUT2D eigenvalue weighted by molar-refractivity contribution is -0.145. The number of nitrogens with one attached hydrogen (secondary N) is 1. The van der Waals surface area contributed by atoms with Crippen molar-refractivity contribution in [2.45, 2.75) is 39.8 Å². The second-order valence-electron chi connectivity index (χ2n) is 4.54. The van der Waals surface area contributed by atoms with E-state index in [0.717, 1.165) is 5.56 Å². The monoisotopic (exact) mass is 263 g/mol. The lowest BCUT2D eigenvalue weighted by Crippen LogP contribution is -2.37. The van der Waals surface area contributed by atoms with Crippen LogP contribution in [0, 0.1) is 6.92 Å². The maximum atomic E-state index is 11.5. The van der Waals surface area contributed by atoms with E-state index < -0.39 is 6.04 Å². The fourth-order valence-corrected chi connectivity index (χ4v) is 1.69. The molecule has 1 unspecified atom stereocenters. The zero-order chi connectivity index (χ0) is 14.3. The Balaban J connectivity index is 2.52. The van der Waals surface area contributed by atoms with Crippen molar-refractivity contribution in [3.8, 4) is 0 Å². The third-order valence-corrected chi connectivity index (χ3v) is 2.84. The Morgan fingerprint density at radius 3 is 2.42 bits per heavy atom. The summed E-state index contributed by atoms with van der Waals surface area (Å²) in [4.78, 5) is 22.9. The Hall–Kier alpha value is -1.68. The van der Waals surface area contributed by atoms with Crippen molar-refractivity contribution in [1.29, 1.82) is 0 Å². The van der Waals surface area contributed by atoms with Gasteiger partial charge >= 0.3 is 5.97 Å². The molecule has 0 aliphatic heterocycles. The quantitative estimate of drug-likeness (QED) is 0.764. The maximum Gasteiger partial charge on any atom is 0.307 e.